The molecule has 0 spiro atoms. The predicted octanol–water partition coefficient (Wildman–Crippen LogP) is 6.40. The van der Waals surface area contributed by atoms with E-state index < -0.39 is 17.8 Å². The molecule has 5 nitrogen and oxygen atoms in total. The summed E-state index contributed by atoms with van der Waals surface area (Å²) in [7, 11) is 0. The summed E-state index contributed by atoms with van der Waals surface area (Å²) in [6, 6.07) is 7.37. The summed E-state index contributed by atoms with van der Waals surface area (Å²) < 4.78 is 40.8. The highest BCUT2D eigenvalue weighted by Crippen LogP contribution is 2.36. The summed E-state index contributed by atoms with van der Waals surface area (Å²) in [6.45, 7) is 6.39. The number of carbonyl (C=O) groups is 1. The normalized spacial score (nSPS) is 19.5. The van der Waals surface area contributed by atoms with Crippen LogP contribution in [-0.2, 0) is 6.18 Å². The zero-order valence-electron chi connectivity index (χ0n) is 18.4. The fourth-order valence-corrected chi connectivity index (χ4v) is 4.46. The fourth-order valence-electron chi connectivity index (χ4n) is 4.46. The molecule has 32 heavy (non-hydrogen) atoms. The van der Waals surface area contributed by atoms with Crippen LogP contribution in [0.2, 0.25) is 0 Å². The number of nitrogens with zero attached hydrogens (tertiary/aromatic N) is 3. The standard InChI is InChI=1S/C24H27F3N4O/c1-14(2)16-7-9-18(10-8-16)31-13-17-12-20(15(3)11-21(17)30-31)29-23(32)19-5-4-6-22(28-19)24(25,26)27/h4-6,11-14,16,18H,7-10H2,1-3H3,(H,29,32). The second-order valence-corrected chi connectivity index (χ2v) is 9.01. The van der Waals surface area contributed by atoms with Gasteiger partial charge in [-0.25, -0.2) is 4.98 Å². The van der Waals surface area contributed by atoms with Crippen LogP contribution in [0, 0.1) is 18.8 Å². The lowest BCUT2D eigenvalue weighted by Crippen LogP contribution is -2.21. The molecular weight excluding hydrogens is 417 g/mol. The number of amides is 1. The Balaban J connectivity index is 1.53. The highest BCUT2D eigenvalue weighted by atomic mass is 19.4. The number of anilines is 1. The molecule has 4 rings (SSSR count). The average molecular weight is 445 g/mol. The third kappa shape index (κ3) is 4.64. The second kappa shape index (κ2) is 8.56. The summed E-state index contributed by atoms with van der Waals surface area (Å²) in [5, 5.41) is 8.33. The Bertz CT molecular complexity index is 1130. The lowest BCUT2D eigenvalue weighted by molar-refractivity contribution is -0.141. The van der Waals surface area contributed by atoms with Crippen LogP contribution >= 0.6 is 0 Å². The highest BCUT2D eigenvalue weighted by molar-refractivity contribution is 6.04. The van der Waals surface area contributed by atoms with E-state index in [1.54, 1.807) is 0 Å². The summed E-state index contributed by atoms with van der Waals surface area (Å²) >= 11 is 0. The zero-order valence-corrected chi connectivity index (χ0v) is 18.4. The van der Waals surface area contributed by atoms with E-state index in [0.29, 0.717) is 17.6 Å². The van der Waals surface area contributed by atoms with Gasteiger partial charge in [0.15, 0.2) is 0 Å². The van der Waals surface area contributed by atoms with Crippen molar-refractivity contribution in [2.45, 2.75) is 58.7 Å². The van der Waals surface area contributed by atoms with E-state index in [-0.39, 0.29) is 5.69 Å². The maximum Gasteiger partial charge on any atom is 0.433 e. The van der Waals surface area contributed by atoms with Crippen molar-refractivity contribution < 1.29 is 18.0 Å². The van der Waals surface area contributed by atoms with E-state index in [2.05, 4.69) is 24.1 Å². The van der Waals surface area contributed by atoms with Crippen molar-refractivity contribution in [3.8, 4) is 0 Å². The average Bonchev–Trinajstić information content (AvgIpc) is 3.16. The van der Waals surface area contributed by atoms with Gasteiger partial charge in [-0.05, 0) is 74.3 Å². The molecule has 0 saturated heterocycles. The largest absolute Gasteiger partial charge is 0.433 e. The monoisotopic (exact) mass is 444 g/mol. The van der Waals surface area contributed by atoms with Crippen molar-refractivity contribution in [2.75, 3.05) is 5.32 Å². The smallest absolute Gasteiger partial charge is 0.320 e. The maximum absolute atomic E-state index is 12.9. The van der Waals surface area contributed by atoms with E-state index in [1.807, 2.05) is 29.9 Å². The van der Waals surface area contributed by atoms with Crippen molar-refractivity contribution in [2.24, 2.45) is 11.8 Å². The van der Waals surface area contributed by atoms with E-state index >= 15 is 0 Å². The van der Waals surface area contributed by atoms with Crippen molar-refractivity contribution in [1.29, 1.82) is 0 Å². The Morgan fingerprint density at radius 2 is 1.88 bits per heavy atom. The van der Waals surface area contributed by atoms with Crippen LogP contribution in [0.3, 0.4) is 0 Å². The number of pyridine rings is 1. The van der Waals surface area contributed by atoms with Gasteiger partial charge in [0, 0.05) is 17.3 Å². The maximum atomic E-state index is 12.9. The number of alkyl halides is 3. The number of hydrogen-bond acceptors (Lipinski definition) is 3. The van der Waals surface area contributed by atoms with E-state index in [0.717, 1.165) is 41.3 Å². The molecule has 1 fully saturated rings. The number of nitrogens with one attached hydrogen (secondary N) is 1. The van der Waals surface area contributed by atoms with Crippen LogP contribution in [0.1, 0.15) is 67.3 Å². The molecule has 1 aliphatic carbocycles. The van der Waals surface area contributed by atoms with Crippen LogP contribution in [0.4, 0.5) is 18.9 Å². The molecule has 8 heteroatoms. The summed E-state index contributed by atoms with van der Waals surface area (Å²) in [6.07, 6.45) is 1.98. The van der Waals surface area contributed by atoms with Gasteiger partial charge in [0.05, 0.1) is 11.6 Å². The van der Waals surface area contributed by atoms with E-state index in [4.69, 9.17) is 5.10 Å². The lowest BCUT2D eigenvalue weighted by atomic mass is 9.80. The molecular formula is C24H27F3N4O. The summed E-state index contributed by atoms with van der Waals surface area (Å²) in [5.41, 5.74) is 0.780. The number of hydrogen-bond donors (Lipinski definition) is 1. The second-order valence-electron chi connectivity index (χ2n) is 9.01. The number of benzene rings is 1. The Morgan fingerprint density at radius 3 is 2.53 bits per heavy atom. The molecule has 0 aliphatic heterocycles. The third-order valence-electron chi connectivity index (χ3n) is 6.45. The third-order valence-corrected chi connectivity index (χ3v) is 6.45. The molecule has 1 aromatic carbocycles. The van der Waals surface area contributed by atoms with Gasteiger partial charge in [-0.1, -0.05) is 19.9 Å². The van der Waals surface area contributed by atoms with Crippen LogP contribution in [0.15, 0.2) is 36.5 Å². The van der Waals surface area contributed by atoms with Crippen LogP contribution in [0.5, 0.6) is 0 Å². The molecule has 1 N–H and O–H groups in total. The fraction of sp³-hybridized carbons (Fsp3) is 0.458. The molecule has 0 unspecified atom stereocenters. The van der Waals surface area contributed by atoms with Gasteiger partial charge in [-0.2, -0.15) is 18.3 Å². The molecule has 0 radical (unpaired) electrons. The van der Waals surface area contributed by atoms with E-state index in [9.17, 15) is 18.0 Å². The Labute approximate surface area is 185 Å². The Kier molecular flexibility index (Phi) is 5.97. The van der Waals surface area contributed by atoms with Crippen LogP contribution in [0.25, 0.3) is 10.9 Å². The van der Waals surface area contributed by atoms with Crippen molar-refractivity contribution in [1.82, 2.24) is 14.8 Å². The molecule has 0 bridgehead atoms. The van der Waals surface area contributed by atoms with Crippen molar-refractivity contribution >= 4 is 22.5 Å². The Morgan fingerprint density at radius 1 is 1.16 bits per heavy atom. The number of aromatic nitrogens is 3. The number of halogens is 3. The van der Waals surface area contributed by atoms with Gasteiger partial charge in [0.2, 0.25) is 0 Å². The molecule has 1 saturated carbocycles. The molecule has 3 aromatic rings. The quantitative estimate of drug-likeness (QED) is 0.507. The molecule has 2 aromatic heterocycles. The van der Waals surface area contributed by atoms with Gasteiger partial charge < -0.3 is 5.32 Å². The topological polar surface area (TPSA) is 59.8 Å². The first kappa shape index (κ1) is 22.3. The highest BCUT2D eigenvalue weighted by Gasteiger charge is 2.33. The van der Waals surface area contributed by atoms with Crippen molar-refractivity contribution in [3.05, 3.63) is 53.5 Å². The number of carbonyl (C=O) groups excluding carboxylic acids is 1. The first-order valence-corrected chi connectivity index (χ1v) is 11.0. The molecule has 1 amide bonds. The number of rotatable bonds is 4. The zero-order chi connectivity index (χ0) is 23.0. The predicted molar refractivity (Wildman–Crippen MR) is 117 cm³/mol. The minimum absolute atomic E-state index is 0.281. The number of fused-ring (bicyclic) bond motifs is 1. The van der Waals surface area contributed by atoms with Crippen molar-refractivity contribution in [3.63, 3.8) is 0 Å². The lowest BCUT2D eigenvalue weighted by Gasteiger charge is -2.30. The first-order valence-electron chi connectivity index (χ1n) is 11.0. The molecule has 2 heterocycles. The summed E-state index contributed by atoms with van der Waals surface area (Å²) in [4.78, 5) is 16.0. The molecule has 0 atom stereocenters. The van der Waals surface area contributed by atoms with Gasteiger partial charge in [-0.3, -0.25) is 9.48 Å². The SMILES string of the molecule is Cc1cc2nn(C3CCC(C(C)C)CC3)cc2cc1NC(=O)c1cccc(C(F)(F)F)n1. The van der Waals surface area contributed by atoms with Crippen LogP contribution < -0.4 is 5.32 Å². The van der Waals surface area contributed by atoms with Gasteiger partial charge in [0.25, 0.3) is 5.91 Å². The van der Waals surface area contributed by atoms with Crippen LogP contribution in [-0.4, -0.2) is 20.7 Å². The Hall–Kier alpha value is -2.90. The van der Waals surface area contributed by atoms with Gasteiger partial charge in [-0.15, -0.1) is 0 Å². The number of aryl methyl sites for hydroxylation is 1. The molecule has 170 valence electrons. The minimum Gasteiger partial charge on any atom is -0.320 e. The first-order chi connectivity index (χ1) is 15.1. The van der Waals surface area contributed by atoms with E-state index in [1.165, 1.54) is 25.0 Å². The molecule has 1 aliphatic rings. The summed E-state index contributed by atoms with van der Waals surface area (Å²) in [5.74, 6) is 0.787. The van der Waals surface area contributed by atoms with Gasteiger partial charge in [0.1, 0.15) is 11.4 Å². The van der Waals surface area contributed by atoms with Gasteiger partial charge >= 0.3 is 6.18 Å². The minimum atomic E-state index is -4.60.